The number of methoxy groups -OCH3 is 1. The van der Waals surface area contributed by atoms with Crippen molar-refractivity contribution in [2.45, 2.75) is 39.7 Å². The Morgan fingerprint density at radius 2 is 2.00 bits per heavy atom. The number of ether oxygens (including phenoxy) is 1. The van der Waals surface area contributed by atoms with Crippen molar-refractivity contribution >= 4 is 21.7 Å². The van der Waals surface area contributed by atoms with Crippen LogP contribution in [0, 0.1) is 0 Å². The second kappa shape index (κ2) is 7.61. The molecule has 0 radical (unpaired) electrons. The summed E-state index contributed by atoms with van der Waals surface area (Å²) in [4.78, 5) is 9.02. The van der Waals surface area contributed by atoms with E-state index in [9.17, 15) is 0 Å². The van der Waals surface area contributed by atoms with Gasteiger partial charge in [-0.1, -0.05) is 13.8 Å². The van der Waals surface area contributed by atoms with E-state index in [0.29, 0.717) is 6.61 Å². The molecule has 0 aromatic carbocycles. The second-order valence-electron chi connectivity index (χ2n) is 3.86. The fraction of sp³-hybridized carbons (Fsp3) is 0.667. The largest absolute Gasteiger partial charge is 0.378 e. The van der Waals surface area contributed by atoms with Crippen LogP contribution in [0.2, 0.25) is 0 Å². The molecule has 0 fully saturated rings. The Morgan fingerprint density at radius 1 is 1.24 bits per heavy atom. The number of anilines is 1. The highest BCUT2D eigenvalue weighted by Gasteiger charge is 2.11. The van der Waals surface area contributed by atoms with Gasteiger partial charge in [0, 0.05) is 20.1 Å². The number of hydrogen-bond donors (Lipinski definition) is 1. The van der Waals surface area contributed by atoms with Crippen LogP contribution in [0.3, 0.4) is 0 Å². The van der Waals surface area contributed by atoms with Crippen LogP contribution in [0.25, 0.3) is 0 Å². The molecule has 0 spiro atoms. The van der Waals surface area contributed by atoms with Crippen molar-refractivity contribution in [2.75, 3.05) is 19.0 Å². The quantitative estimate of drug-likeness (QED) is 0.840. The lowest BCUT2D eigenvalue weighted by molar-refractivity contribution is 0.180. The molecule has 0 saturated heterocycles. The van der Waals surface area contributed by atoms with Crippen molar-refractivity contribution in [3.63, 3.8) is 0 Å². The highest BCUT2D eigenvalue weighted by Crippen LogP contribution is 2.24. The molecule has 96 valence electrons. The number of aromatic nitrogens is 2. The molecule has 1 aromatic heterocycles. The molecule has 0 aliphatic carbocycles. The van der Waals surface area contributed by atoms with E-state index in [1.165, 1.54) is 0 Å². The first kappa shape index (κ1) is 14.4. The van der Waals surface area contributed by atoms with Crippen LogP contribution in [0.4, 0.5) is 5.82 Å². The van der Waals surface area contributed by atoms with Gasteiger partial charge in [-0.3, -0.25) is 0 Å². The Bertz CT molecular complexity index is 358. The lowest BCUT2D eigenvalue weighted by atomic mass is 10.3. The molecule has 0 bridgehead atoms. The van der Waals surface area contributed by atoms with Crippen molar-refractivity contribution in [2.24, 2.45) is 0 Å². The maximum absolute atomic E-state index is 5.15. The first-order valence-electron chi connectivity index (χ1n) is 6.01. The summed E-state index contributed by atoms with van der Waals surface area (Å²) in [5, 5.41) is 3.31. The van der Waals surface area contributed by atoms with Crippen LogP contribution >= 0.6 is 15.9 Å². The molecule has 1 aromatic rings. The van der Waals surface area contributed by atoms with Gasteiger partial charge in [0.05, 0.1) is 16.8 Å². The number of hydrogen-bond acceptors (Lipinski definition) is 4. The minimum absolute atomic E-state index is 0.501. The van der Waals surface area contributed by atoms with Gasteiger partial charge in [0.1, 0.15) is 11.6 Å². The first-order valence-corrected chi connectivity index (χ1v) is 6.80. The normalized spacial score (nSPS) is 10.6. The number of aryl methyl sites for hydroxylation is 1. The van der Waals surface area contributed by atoms with E-state index >= 15 is 0 Å². The predicted molar refractivity (Wildman–Crippen MR) is 73.2 cm³/mol. The highest BCUT2D eigenvalue weighted by molar-refractivity contribution is 9.10. The van der Waals surface area contributed by atoms with Crippen LogP contribution in [0.15, 0.2) is 4.47 Å². The molecule has 1 N–H and O–H groups in total. The molecule has 0 aliphatic rings. The summed E-state index contributed by atoms with van der Waals surface area (Å²) in [6, 6.07) is 0. The Hall–Kier alpha value is -0.680. The summed E-state index contributed by atoms with van der Waals surface area (Å²) in [5.41, 5.74) is 0.907. The minimum Gasteiger partial charge on any atom is -0.378 e. The molecule has 0 saturated carbocycles. The first-order chi connectivity index (χ1) is 8.22. The van der Waals surface area contributed by atoms with Gasteiger partial charge in [0.25, 0.3) is 0 Å². The molecule has 17 heavy (non-hydrogen) atoms. The fourth-order valence-electron chi connectivity index (χ4n) is 1.47. The maximum atomic E-state index is 5.15. The van der Waals surface area contributed by atoms with Gasteiger partial charge in [0.2, 0.25) is 0 Å². The molecule has 0 aliphatic heterocycles. The van der Waals surface area contributed by atoms with Gasteiger partial charge < -0.3 is 10.1 Å². The molecule has 1 heterocycles. The Labute approximate surface area is 111 Å². The summed E-state index contributed by atoms with van der Waals surface area (Å²) in [5.74, 6) is 1.75. The van der Waals surface area contributed by atoms with Gasteiger partial charge >= 0.3 is 0 Å². The van der Waals surface area contributed by atoms with Crippen LogP contribution in [0.1, 0.15) is 38.2 Å². The maximum Gasteiger partial charge on any atom is 0.144 e. The van der Waals surface area contributed by atoms with Gasteiger partial charge in [0.15, 0.2) is 0 Å². The van der Waals surface area contributed by atoms with Crippen molar-refractivity contribution in [1.29, 1.82) is 0 Å². The molecule has 0 atom stereocenters. The zero-order valence-electron chi connectivity index (χ0n) is 10.7. The third kappa shape index (κ3) is 4.24. The molecule has 0 amide bonds. The second-order valence-corrected chi connectivity index (χ2v) is 4.65. The van der Waals surface area contributed by atoms with E-state index < -0.39 is 0 Å². The monoisotopic (exact) mass is 301 g/mol. The number of nitrogens with one attached hydrogen (secondary N) is 1. The van der Waals surface area contributed by atoms with Crippen molar-refractivity contribution in [3.8, 4) is 0 Å². The van der Waals surface area contributed by atoms with Gasteiger partial charge in [-0.25, -0.2) is 9.97 Å². The smallest absolute Gasteiger partial charge is 0.144 e. The van der Waals surface area contributed by atoms with E-state index in [-0.39, 0.29) is 0 Å². The molecule has 0 unspecified atom stereocenters. The predicted octanol–water partition coefficient (Wildman–Crippen LogP) is 3.16. The van der Waals surface area contributed by atoms with Crippen LogP contribution in [-0.4, -0.2) is 23.6 Å². The summed E-state index contributed by atoms with van der Waals surface area (Å²) in [6.45, 7) is 5.67. The molecular weight excluding hydrogens is 282 g/mol. The average molecular weight is 302 g/mol. The van der Waals surface area contributed by atoms with Crippen LogP contribution in [0.5, 0.6) is 0 Å². The Kier molecular flexibility index (Phi) is 6.44. The zero-order valence-corrected chi connectivity index (χ0v) is 12.3. The Morgan fingerprint density at radius 3 is 2.59 bits per heavy atom. The number of nitrogens with zero attached hydrogens (tertiary/aromatic N) is 2. The summed E-state index contributed by atoms with van der Waals surface area (Å²) < 4.78 is 6.06. The fourth-order valence-corrected chi connectivity index (χ4v) is 1.90. The van der Waals surface area contributed by atoms with Gasteiger partial charge in [-0.05, 0) is 28.8 Å². The Balaban J connectivity index is 2.99. The topological polar surface area (TPSA) is 47.0 Å². The average Bonchev–Trinajstić information content (AvgIpc) is 2.32. The van der Waals surface area contributed by atoms with E-state index in [4.69, 9.17) is 4.74 Å². The number of rotatable bonds is 7. The number of halogens is 1. The summed E-state index contributed by atoms with van der Waals surface area (Å²) in [6.07, 6.45) is 3.01. The minimum atomic E-state index is 0.501. The third-order valence-corrected chi connectivity index (χ3v) is 3.10. The van der Waals surface area contributed by atoms with E-state index in [0.717, 1.165) is 47.6 Å². The highest BCUT2D eigenvalue weighted by atomic mass is 79.9. The lowest BCUT2D eigenvalue weighted by Gasteiger charge is -2.12. The van der Waals surface area contributed by atoms with Gasteiger partial charge in [-0.2, -0.15) is 0 Å². The standard InChI is InChI=1S/C12H20BrN3O/c1-4-6-10-15-9(8-17-3)11(13)12(16-10)14-7-5-2/h4-8H2,1-3H3,(H,14,15,16). The molecule has 4 nitrogen and oxygen atoms in total. The van der Waals surface area contributed by atoms with Crippen LogP contribution in [-0.2, 0) is 17.8 Å². The van der Waals surface area contributed by atoms with Crippen LogP contribution < -0.4 is 5.32 Å². The lowest BCUT2D eigenvalue weighted by Crippen LogP contribution is -2.09. The third-order valence-electron chi connectivity index (χ3n) is 2.26. The van der Waals surface area contributed by atoms with E-state index in [1.54, 1.807) is 7.11 Å². The summed E-state index contributed by atoms with van der Waals surface area (Å²) >= 11 is 3.53. The van der Waals surface area contributed by atoms with Crippen molar-refractivity contribution in [3.05, 3.63) is 16.0 Å². The SMILES string of the molecule is CCCNc1nc(CCC)nc(COC)c1Br. The van der Waals surface area contributed by atoms with E-state index in [2.05, 4.69) is 45.1 Å². The zero-order chi connectivity index (χ0) is 12.7. The molecule has 1 rings (SSSR count). The van der Waals surface area contributed by atoms with Gasteiger partial charge in [-0.15, -0.1) is 0 Å². The summed E-state index contributed by atoms with van der Waals surface area (Å²) in [7, 11) is 1.67. The van der Waals surface area contributed by atoms with Crippen molar-refractivity contribution in [1.82, 2.24) is 9.97 Å². The van der Waals surface area contributed by atoms with Crippen molar-refractivity contribution < 1.29 is 4.74 Å². The molecular formula is C12H20BrN3O. The van der Waals surface area contributed by atoms with E-state index in [1.807, 2.05) is 0 Å². The molecule has 5 heteroatoms.